The van der Waals surface area contributed by atoms with E-state index in [0.29, 0.717) is 0 Å². The van der Waals surface area contributed by atoms with Crippen LogP contribution in [-0.2, 0) is 0 Å². The highest BCUT2D eigenvalue weighted by atomic mass is 16.3. The average Bonchev–Trinajstić information content (AvgIpc) is 2.16. The normalized spacial score (nSPS) is 15.6. The molecule has 0 aliphatic heterocycles. The van der Waals surface area contributed by atoms with Crippen molar-refractivity contribution in [2.24, 2.45) is 0 Å². The van der Waals surface area contributed by atoms with Crippen molar-refractivity contribution < 1.29 is 5.11 Å². The number of nitrogens with zero attached hydrogens (tertiary/aromatic N) is 1. The van der Waals surface area contributed by atoms with Crippen LogP contribution in [0, 0.1) is 6.92 Å². The SMILES string of the molecule is Cc1ccc(C(O)C(C)N(C)C)cc1. The molecule has 0 spiro atoms. The van der Waals surface area contributed by atoms with Crippen LogP contribution in [0.2, 0.25) is 0 Å². The van der Waals surface area contributed by atoms with E-state index >= 15 is 0 Å². The van der Waals surface area contributed by atoms with Crippen LogP contribution in [0.5, 0.6) is 0 Å². The minimum Gasteiger partial charge on any atom is -0.387 e. The summed E-state index contributed by atoms with van der Waals surface area (Å²) in [5.74, 6) is 0. The van der Waals surface area contributed by atoms with Crippen molar-refractivity contribution in [3.8, 4) is 0 Å². The second-order valence-corrected chi connectivity index (χ2v) is 4.06. The molecule has 0 heterocycles. The summed E-state index contributed by atoms with van der Waals surface area (Å²) in [4.78, 5) is 2.02. The Morgan fingerprint density at radius 3 is 2.07 bits per heavy atom. The Hall–Kier alpha value is -0.860. The third-order valence-corrected chi connectivity index (χ3v) is 2.69. The summed E-state index contributed by atoms with van der Waals surface area (Å²) >= 11 is 0. The molecule has 0 radical (unpaired) electrons. The van der Waals surface area contributed by atoms with E-state index in [9.17, 15) is 5.11 Å². The third kappa shape index (κ3) is 2.56. The molecule has 0 amide bonds. The lowest BCUT2D eigenvalue weighted by atomic mass is 10.0. The highest BCUT2D eigenvalue weighted by Crippen LogP contribution is 2.19. The van der Waals surface area contributed by atoms with Crippen molar-refractivity contribution >= 4 is 0 Å². The molecule has 0 aliphatic carbocycles. The maximum absolute atomic E-state index is 10.0. The van der Waals surface area contributed by atoms with Gasteiger partial charge in [0, 0.05) is 6.04 Å². The fraction of sp³-hybridized carbons (Fsp3) is 0.500. The van der Waals surface area contributed by atoms with Crippen molar-refractivity contribution in [2.75, 3.05) is 14.1 Å². The zero-order valence-corrected chi connectivity index (χ0v) is 9.36. The van der Waals surface area contributed by atoms with Crippen molar-refractivity contribution in [1.82, 2.24) is 4.90 Å². The van der Waals surface area contributed by atoms with Gasteiger partial charge in [-0.2, -0.15) is 0 Å². The predicted octanol–water partition coefficient (Wildman–Crippen LogP) is 1.98. The van der Waals surface area contributed by atoms with Crippen molar-refractivity contribution in [3.05, 3.63) is 35.4 Å². The number of aliphatic hydroxyl groups is 1. The molecule has 1 aromatic carbocycles. The molecular formula is C12H19NO. The molecule has 1 rings (SSSR count). The van der Waals surface area contributed by atoms with Gasteiger partial charge in [0.25, 0.3) is 0 Å². The Morgan fingerprint density at radius 1 is 1.14 bits per heavy atom. The molecule has 78 valence electrons. The highest BCUT2D eigenvalue weighted by molar-refractivity contribution is 5.23. The smallest absolute Gasteiger partial charge is 0.0942 e. The topological polar surface area (TPSA) is 23.5 Å². The summed E-state index contributed by atoms with van der Waals surface area (Å²) in [6, 6.07) is 8.17. The molecule has 14 heavy (non-hydrogen) atoms. The fourth-order valence-corrected chi connectivity index (χ4v) is 1.32. The Balaban J connectivity index is 2.78. The van der Waals surface area contributed by atoms with Crippen LogP contribution in [0.3, 0.4) is 0 Å². The van der Waals surface area contributed by atoms with Gasteiger partial charge in [-0.3, -0.25) is 0 Å². The van der Waals surface area contributed by atoms with Gasteiger partial charge in [-0.25, -0.2) is 0 Å². The molecule has 0 bridgehead atoms. The van der Waals surface area contributed by atoms with Crippen LogP contribution >= 0.6 is 0 Å². The number of hydrogen-bond acceptors (Lipinski definition) is 2. The maximum Gasteiger partial charge on any atom is 0.0942 e. The van der Waals surface area contributed by atoms with Crippen LogP contribution < -0.4 is 0 Å². The van der Waals surface area contributed by atoms with E-state index < -0.39 is 6.10 Å². The Bertz CT molecular complexity index is 279. The lowest BCUT2D eigenvalue weighted by Crippen LogP contribution is -2.30. The van der Waals surface area contributed by atoms with Gasteiger partial charge in [0.05, 0.1) is 6.10 Å². The molecule has 0 aliphatic rings. The van der Waals surface area contributed by atoms with Crippen molar-refractivity contribution in [3.63, 3.8) is 0 Å². The van der Waals surface area contributed by atoms with Crippen LogP contribution in [0.15, 0.2) is 24.3 Å². The summed E-state index contributed by atoms with van der Waals surface area (Å²) in [6.07, 6.45) is -0.411. The first kappa shape index (κ1) is 11.2. The molecule has 2 nitrogen and oxygen atoms in total. The zero-order valence-electron chi connectivity index (χ0n) is 9.36. The first-order valence-electron chi connectivity index (χ1n) is 4.93. The highest BCUT2D eigenvalue weighted by Gasteiger charge is 2.17. The standard InChI is InChI=1S/C12H19NO/c1-9-5-7-11(8-6-9)12(14)10(2)13(3)4/h5-8,10,12,14H,1-4H3. The van der Waals surface area contributed by atoms with E-state index in [2.05, 4.69) is 0 Å². The molecule has 0 saturated heterocycles. The van der Waals surface area contributed by atoms with Crippen molar-refractivity contribution in [2.45, 2.75) is 26.0 Å². The number of aryl methyl sites for hydroxylation is 1. The van der Waals surface area contributed by atoms with E-state index in [1.54, 1.807) is 0 Å². The number of benzene rings is 1. The van der Waals surface area contributed by atoms with Gasteiger partial charge in [0.1, 0.15) is 0 Å². The molecule has 1 N–H and O–H groups in total. The van der Waals surface area contributed by atoms with Crippen LogP contribution in [0.4, 0.5) is 0 Å². The number of rotatable bonds is 3. The van der Waals surface area contributed by atoms with Gasteiger partial charge < -0.3 is 10.0 Å². The van der Waals surface area contributed by atoms with Gasteiger partial charge in [0.2, 0.25) is 0 Å². The number of likely N-dealkylation sites (N-methyl/N-ethyl adjacent to an activating group) is 1. The van der Waals surface area contributed by atoms with E-state index in [-0.39, 0.29) is 6.04 Å². The summed E-state index contributed by atoms with van der Waals surface area (Å²) < 4.78 is 0. The minimum absolute atomic E-state index is 0.137. The minimum atomic E-state index is -0.411. The second-order valence-electron chi connectivity index (χ2n) is 4.06. The third-order valence-electron chi connectivity index (χ3n) is 2.69. The first-order valence-corrected chi connectivity index (χ1v) is 4.93. The van der Waals surface area contributed by atoms with Gasteiger partial charge in [0.15, 0.2) is 0 Å². The number of hydrogen-bond donors (Lipinski definition) is 1. The summed E-state index contributed by atoms with van der Waals surface area (Å²) in [7, 11) is 3.95. The van der Waals surface area contributed by atoms with Crippen LogP contribution in [-0.4, -0.2) is 30.1 Å². The van der Waals surface area contributed by atoms with E-state index in [4.69, 9.17) is 0 Å². The molecule has 0 aromatic heterocycles. The molecule has 0 saturated carbocycles. The molecule has 2 unspecified atom stereocenters. The zero-order chi connectivity index (χ0) is 10.7. The van der Waals surface area contributed by atoms with E-state index in [1.165, 1.54) is 5.56 Å². The first-order chi connectivity index (χ1) is 6.52. The van der Waals surface area contributed by atoms with E-state index in [0.717, 1.165) is 5.56 Å². The largest absolute Gasteiger partial charge is 0.387 e. The van der Waals surface area contributed by atoms with Gasteiger partial charge >= 0.3 is 0 Å². The lowest BCUT2D eigenvalue weighted by Gasteiger charge is -2.25. The quantitative estimate of drug-likeness (QED) is 0.793. The lowest BCUT2D eigenvalue weighted by molar-refractivity contribution is 0.0858. The van der Waals surface area contributed by atoms with E-state index in [1.807, 2.05) is 57.1 Å². The molecule has 1 aromatic rings. The summed E-state index contributed by atoms with van der Waals surface area (Å²) in [5.41, 5.74) is 2.20. The predicted molar refractivity (Wildman–Crippen MR) is 59.3 cm³/mol. The monoisotopic (exact) mass is 193 g/mol. The number of aliphatic hydroxyl groups excluding tert-OH is 1. The van der Waals surface area contributed by atoms with Crippen LogP contribution in [0.25, 0.3) is 0 Å². The molecule has 0 fully saturated rings. The summed E-state index contributed by atoms with van der Waals surface area (Å²) in [6.45, 7) is 4.07. The molecule has 2 atom stereocenters. The Morgan fingerprint density at radius 2 is 1.64 bits per heavy atom. The molecule has 2 heteroatoms. The average molecular weight is 193 g/mol. The summed E-state index contributed by atoms with van der Waals surface area (Å²) in [5, 5.41) is 10.0. The Kier molecular flexibility index (Phi) is 3.67. The van der Waals surface area contributed by atoms with Gasteiger partial charge in [-0.05, 0) is 33.5 Å². The second kappa shape index (κ2) is 4.58. The van der Waals surface area contributed by atoms with Gasteiger partial charge in [-0.15, -0.1) is 0 Å². The molecular weight excluding hydrogens is 174 g/mol. The Labute approximate surface area is 86.2 Å². The fourth-order valence-electron chi connectivity index (χ4n) is 1.32. The van der Waals surface area contributed by atoms with Crippen LogP contribution in [0.1, 0.15) is 24.2 Å². The maximum atomic E-state index is 10.0. The van der Waals surface area contributed by atoms with Crippen molar-refractivity contribution in [1.29, 1.82) is 0 Å². The van der Waals surface area contributed by atoms with Gasteiger partial charge in [-0.1, -0.05) is 29.8 Å².